The molecule has 0 aromatic carbocycles. The van der Waals surface area contributed by atoms with E-state index < -0.39 is 16.8 Å². The third-order valence-electron chi connectivity index (χ3n) is 4.44. The van der Waals surface area contributed by atoms with Crippen LogP contribution in [0.2, 0.25) is 0 Å². The van der Waals surface area contributed by atoms with E-state index in [-0.39, 0.29) is 5.91 Å². The van der Waals surface area contributed by atoms with Crippen LogP contribution in [-0.2, 0) is 10.3 Å². The van der Waals surface area contributed by atoms with E-state index in [0.29, 0.717) is 33.7 Å². The first-order valence-electron chi connectivity index (χ1n) is 7.37. The second-order valence-corrected chi connectivity index (χ2v) is 6.90. The Morgan fingerprint density at radius 1 is 1.25 bits per heavy atom. The fourth-order valence-electron chi connectivity index (χ4n) is 3.10. The van der Waals surface area contributed by atoms with Gasteiger partial charge in [0, 0.05) is 12.1 Å². The molecule has 1 saturated heterocycles. The number of thiophene rings is 1. The summed E-state index contributed by atoms with van der Waals surface area (Å²) in [6, 6.07) is 0. The van der Waals surface area contributed by atoms with Crippen LogP contribution in [0.25, 0.3) is 15.2 Å². The summed E-state index contributed by atoms with van der Waals surface area (Å²) < 4.78 is 1.03. The zero-order valence-corrected chi connectivity index (χ0v) is 13.8. The Morgan fingerprint density at radius 3 is 2.58 bits per heavy atom. The van der Waals surface area contributed by atoms with Gasteiger partial charge in [-0.05, 0) is 20.3 Å². The lowest BCUT2D eigenvalue weighted by molar-refractivity contribution is -0.126. The van der Waals surface area contributed by atoms with Gasteiger partial charge in [-0.2, -0.15) is 10.2 Å². The third kappa shape index (κ3) is 1.83. The molecule has 124 valence electrons. The molecule has 3 aromatic heterocycles. The van der Waals surface area contributed by atoms with Gasteiger partial charge in [-0.25, -0.2) is 9.36 Å². The molecule has 1 atom stereocenters. The Balaban J connectivity index is 2.05. The first-order chi connectivity index (χ1) is 11.4. The lowest BCUT2D eigenvalue weighted by Gasteiger charge is -2.22. The van der Waals surface area contributed by atoms with E-state index in [4.69, 9.17) is 0 Å². The molecule has 1 unspecified atom stereocenters. The highest BCUT2D eigenvalue weighted by Crippen LogP contribution is 2.30. The fourth-order valence-corrected chi connectivity index (χ4v) is 4.21. The molecule has 4 rings (SSSR count). The van der Waals surface area contributed by atoms with Gasteiger partial charge < -0.3 is 5.32 Å². The van der Waals surface area contributed by atoms with Crippen LogP contribution in [0.1, 0.15) is 18.9 Å². The summed E-state index contributed by atoms with van der Waals surface area (Å²) in [4.78, 5) is 42.3. The monoisotopic (exact) mass is 346 g/mol. The number of aromatic amines is 1. The Labute approximate surface area is 138 Å². The maximum absolute atomic E-state index is 13.0. The molecule has 0 saturated carbocycles. The van der Waals surface area contributed by atoms with Crippen molar-refractivity contribution in [1.82, 2.24) is 29.9 Å². The van der Waals surface area contributed by atoms with Crippen molar-refractivity contribution in [3.05, 3.63) is 38.8 Å². The number of hydrogen-bond donors (Lipinski definition) is 2. The smallest absolute Gasteiger partial charge is 0.330 e. The number of nitrogens with one attached hydrogen (secondary N) is 2. The standard InChI is InChI=1S/C14H14N6O3S/c1-7-8-9(24-11(7)20-16-5-6-17-20)18-13(23)19(10(8)21)14(2)3-4-15-12(14)22/h5-6H,3-4H2,1-2H3,(H,15,22)(H,18,23). The largest absolute Gasteiger partial charge is 0.354 e. The van der Waals surface area contributed by atoms with Crippen molar-refractivity contribution in [2.45, 2.75) is 25.8 Å². The van der Waals surface area contributed by atoms with E-state index in [1.165, 1.54) is 28.5 Å². The van der Waals surface area contributed by atoms with E-state index in [9.17, 15) is 14.4 Å². The minimum Gasteiger partial charge on any atom is -0.354 e. The number of aryl methyl sites for hydroxylation is 1. The molecule has 9 nitrogen and oxygen atoms in total. The molecule has 1 aliphatic heterocycles. The number of hydrogen-bond acceptors (Lipinski definition) is 6. The maximum atomic E-state index is 13.0. The molecule has 3 aromatic rings. The molecule has 10 heteroatoms. The average molecular weight is 346 g/mol. The first kappa shape index (κ1) is 14.8. The minimum atomic E-state index is -1.18. The summed E-state index contributed by atoms with van der Waals surface area (Å²) >= 11 is 1.23. The normalized spacial score (nSPS) is 20.7. The SMILES string of the molecule is Cc1c(-n2nccn2)sc2[nH]c(=O)n(C3(C)CCNC3=O)c(=O)c12. The van der Waals surface area contributed by atoms with E-state index in [1.807, 2.05) is 0 Å². The van der Waals surface area contributed by atoms with Gasteiger partial charge in [-0.15, -0.1) is 4.80 Å². The van der Waals surface area contributed by atoms with Crippen molar-refractivity contribution >= 4 is 27.5 Å². The van der Waals surface area contributed by atoms with E-state index in [1.54, 1.807) is 13.8 Å². The molecule has 4 heterocycles. The van der Waals surface area contributed by atoms with Gasteiger partial charge in [-0.1, -0.05) is 11.3 Å². The van der Waals surface area contributed by atoms with Gasteiger partial charge in [-0.3, -0.25) is 14.6 Å². The number of carbonyl (C=O) groups is 1. The van der Waals surface area contributed by atoms with Crippen molar-refractivity contribution in [1.29, 1.82) is 0 Å². The van der Waals surface area contributed by atoms with Gasteiger partial charge in [0.05, 0.1) is 17.8 Å². The van der Waals surface area contributed by atoms with Crippen molar-refractivity contribution in [3.8, 4) is 5.00 Å². The lowest BCUT2D eigenvalue weighted by Crippen LogP contribution is -2.51. The molecule has 1 aliphatic rings. The highest BCUT2D eigenvalue weighted by molar-refractivity contribution is 7.21. The Hall–Kier alpha value is -2.75. The van der Waals surface area contributed by atoms with Crippen LogP contribution in [-0.4, -0.2) is 37.0 Å². The van der Waals surface area contributed by atoms with Crippen LogP contribution in [0.15, 0.2) is 22.0 Å². The Morgan fingerprint density at radius 2 is 1.96 bits per heavy atom. The van der Waals surface area contributed by atoms with Gasteiger partial charge in [0.25, 0.3) is 5.56 Å². The van der Waals surface area contributed by atoms with Crippen LogP contribution in [0, 0.1) is 6.92 Å². The summed E-state index contributed by atoms with van der Waals surface area (Å²) in [7, 11) is 0. The van der Waals surface area contributed by atoms with E-state index in [0.717, 1.165) is 4.57 Å². The Kier molecular flexibility index (Phi) is 3.01. The van der Waals surface area contributed by atoms with Crippen LogP contribution < -0.4 is 16.6 Å². The second-order valence-electron chi connectivity index (χ2n) is 5.91. The molecule has 1 fully saturated rings. The van der Waals surface area contributed by atoms with Crippen molar-refractivity contribution in [2.75, 3.05) is 6.54 Å². The van der Waals surface area contributed by atoms with Crippen LogP contribution >= 0.6 is 11.3 Å². The van der Waals surface area contributed by atoms with Gasteiger partial charge in [0.1, 0.15) is 15.4 Å². The topological polar surface area (TPSA) is 115 Å². The molecule has 2 N–H and O–H groups in total. The quantitative estimate of drug-likeness (QED) is 0.671. The number of rotatable bonds is 2. The molecule has 0 radical (unpaired) electrons. The molecule has 0 aliphatic carbocycles. The highest BCUT2D eigenvalue weighted by atomic mass is 32.1. The summed E-state index contributed by atoms with van der Waals surface area (Å²) in [6.45, 7) is 3.82. The third-order valence-corrected chi connectivity index (χ3v) is 5.62. The van der Waals surface area contributed by atoms with Crippen LogP contribution in [0.5, 0.6) is 0 Å². The zero-order chi connectivity index (χ0) is 17.1. The summed E-state index contributed by atoms with van der Waals surface area (Å²) in [6.07, 6.45) is 3.46. The van der Waals surface area contributed by atoms with Crippen molar-refractivity contribution in [2.24, 2.45) is 0 Å². The van der Waals surface area contributed by atoms with Crippen molar-refractivity contribution < 1.29 is 4.79 Å². The fraction of sp³-hybridized carbons (Fsp3) is 0.357. The van der Waals surface area contributed by atoms with E-state index in [2.05, 4.69) is 20.5 Å². The predicted molar refractivity (Wildman–Crippen MR) is 87.6 cm³/mol. The Bertz CT molecular complexity index is 1080. The highest BCUT2D eigenvalue weighted by Gasteiger charge is 2.42. The van der Waals surface area contributed by atoms with Gasteiger partial charge >= 0.3 is 5.69 Å². The number of amides is 1. The number of carbonyl (C=O) groups excluding carboxylic acids is 1. The molecule has 0 spiro atoms. The van der Waals surface area contributed by atoms with Crippen molar-refractivity contribution in [3.63, 3.8) is 0 Å². The number of nitrogens with zero attached hydrogens (tertiary/aromatic N) is 4. The summed E-state index contributed by atoms with van der Waals surface area (Å²) in [5.41, 5.74) is -1.57. The zero-order valence-electron chi connectivity index (χ0n) is 13.0. The molecule has 0 bridgehead atoms. The summed E-state index contributed by atoms with van der Waals surface area (Å²) in [5.74, 6) is -0.323. The van der Waals surface area contributed by atoms with Crippen LogP contribution in [0.4, 0.5) is 0 Å². The summed E-state index contributed by atoms with van der Waals surface area (Å²) in [5, 5.41) is 11.9. The molecule has 1 amide bonds. The lowest BCUT2D eigenvalue weighted by atomic mass is 10.00. The number of H-pyrrole nitrogens is 1. The van der Waals surface area contributed by atoms with Crippen LogP contribution in [0.3, 0.4) is 0 Å². The minimum absolute atomic E-state index is 0.323. The average Bonchev–Trinajstić information content (AvgIpc) is 3.21. The number of fused-ring (bicyclic) bond motifs is 1. The van der Waals surface area contributed by atoms with E-state index >= 15 is 0 Å². The van der Waals surface area contributed by atoms with Gasteiger partial charge in [0.15, 0.2) is 0 Å². The van der Waals surface area contributed by atoms with Gasteiger partial charge in [0.2, 0.25) is 5.91 Å². The number of aromatic nitrogens is 5. The second kappa shape index (κ2) is 4.87. The maximum Gasteiger partial charge on any atom is 0.330 e. The first-order valence-corrected chi connectivity index (χ1v) is 8.19. The molecular weight excluding hydrogens is 332 g/mol. The predicted octanol–water partition coefficient (Wildman–Crippen LogP) is -0.124. The molecule has 24 heavy (non-hydrogen) atoms. The molecular formula is C14H14N6O3S.